The third-order valence-corrected chi connectivity index (χ3v) is 4.11. The first-order chi connectivity index (χ1) is 11.5. The number of nitrogens with two attached hydrogens (primary N) is 1. The Morgan fingerprint density at radius 1 is 1.25 bits per heavy atom. The summed E-state index contributed by atoms with van der Waals surface area (Å²) in [4.78, 5) is 15.2. The third-order valence-electron chi connectivity index (χ3n) is 4.11. The van der Waals surface area contributed by atoms with Gasteiger partial charge in [-0.1, -0.05) is 12.1 Å². The van der Waals surface area contributed by atoms with Crippen molar-refractivity contribution in [2.75, 3.05) is 6.54 Å². The van der Waals surface area contributed by atoms with Gasteiger partial charge in [0.1, 0.15) is 5.82 Å². The van der Waals surface area contributed by atoms with Gasteiger partial charge in [-0.15, -0.1) is 0 Å². The number of carbonyl (C=O) groups excluding carboxylic acids is 1. The third kappa shape index (κ3) is 3.46. The molecule has 0 fully saturated rings. The van der Waals surface area contributed by atoms with Crippen molar-refractivity contribution in [3.8, 4) is 0 Å². The standard InChI is InChI=1S/C19H20FN3O/c1-12(21)13-2-4-14(5-3-13)19(24)22-9-8-15-11-23-18-10-16(20)6-7-17(15)18/h2-7,10-12,23H,8-9,21H2,1H3,(H,22,24)/t12-/m0/s1. The van der Waals surface area contributed by atoms with Crippen molar-refractivity contribution in [1.29, 1.82) is 0 Å². The predicted molar refractivity (Wildman–Crippen MR) is 93.3 cm³/mol. The Hall–Kier alpha value is -2.66. The maximum Gasteiger partial charge on any atom is 0.251 e. The number of amides is 1. The minimum absolute atomic E-state index is 0.0474. The van der Waals surface area contributed by atoms with Gasteiger partial charge in [-0.25, -0.2) is 4.39 Å². The first-order valence-electron chi connectivity index (χ1n) is 7.94. The molecule has 3 rings (SSSR count). The zero-order valence-electron chi connectivity index (χ0n) is 13.5. The fourth-order valence-corrected chi connectivity index (χ4v) is 2.72. The molecule has 4 nitrogen and oxygen atoms in total. The number of aromatic amines is 1. The highest BCUT2D eigenvalue weighted by molar-refractivity contribution is 5.94. The van der Waals surface area contributed by atoms with Crippen LogP contribution >= 0.6 is 0 Å². The summed E-state index contributed by atoms with van der Waals surface area (Å²) in [6.07, 6.45) is 2.53. The van der Waals surface area contributed by atoms with Crippen molar-refractivity contribution in [1.82, 2.24) is 10.3 Å². The summed E-state index contributed by atoms with van der Waals surface area (Å²) in [5, 5.41) is 3.88. The van der Waals surface area contributed by atoms with Gasteiger partial charge in [0.25, 0.3) is 5.91 Å². The van der Waals surface area contributed by atoms with E-state index in [0.29, 0.717) is 18.5 Å². The summed E-state index contributed by atoms with van der Waals surface area (Å²) in [7, 11) is 0. The normalized spacial score (nSPS) is 12.3. The van der Waals surface area contributed by atoms with Crippen LogP contribution in [0.2, 0.25) is 0 Å². The molecule has 0 unspecified atom stereocenters. The minimum Gasteiger partial charge on any atom is -0.361 e. The Kier molecular flexibility index (Phi) is 4.62. The average molecular weight is 325 g/mol. The van der Waals surface area contributed by atoms with Crippen LogP contribution in [0, 0.1) is 5.82 Å². The zero-order valence-corrected chi connectivity index (χ0v) is 13.5. The van der Waals surface area contributed by atoms with Crippen molar-refractivity contribution in [3.05, 3.63) is 71.2 Å². The molecule has 3 aromatic rings. The highest BCUT2D eigenvalue weighted by atomic mass is 19.1. The van der Waals surface area contributed by atoms with Crippen molar-refractivity contribution in [3.63, 3.8) is 0 Å². The average Bonchev–Trinajstić information content (AvgIpc) is 2.97. The van der Waals surface area contributed by atoms with Crippen LogP contribution in [-0.2, 0) is 6.42 Å². The predicted octanol–water partition coefficient (Wildman–Crippen LogP) is 3.30. The van der Waals surface area contributed by atoms with E-state index in [1.807, 2.05) is 25.3 Å². The smallest absolute Gasteiger partial charge is 0.251 e. The Balaban J connectivity index is 1.60. The lowest BCUT2D eigenvalue weighted by atomic mass is 10.1. The molecule has 1 heterocycles. The van der Waals surface area contributed by atoms with E-state index in [9.17, 15) is 9.18 Å². The molecule has 1 amide bonds. The number of aromatic nitrogens is 1. The highest BCUT2D eigenvalue weighted by Crippen LogP contribution is 2.19. The topological polar surface area (TPSA) is 70.9 Å². The molecule has 0 aliphatic carbocycles. The second kappa shape index (κ2) is 6.84. The van der Waals surface area contributed by atoms with Crippen LogP contribution < -0.4 is 11.1 Å². The van der Waals surface area contributed by atoms with Gasteiger partial charge in [0.15, 0.2) is 0 Å². The number of benzene rings is 2. The second-order valence-corrected chi connectivity index (χ2v) is 5.92. The van der Waals surface area contributed by atoms with Gasteiger partial charge in [-0.2, -0.15) is 0 Å². The number of rotatable bonds is 5. The number of hydrogen-bond donors (Lipinski definition) is 3. The molecule has 0 bridgehead atoms. The molecule has 2 aromatic carbocycles. The summed E-state index contributed by atoms with van der Waals surface area (Å²) < 4.78 is 13.2. The van der Waals surface area contributed by atoms with Crippen molar-refractivity contribution in [2.45, 2.75) is 19.4 Å². The van der Waals surface area contributed by atoms with E-state index in [-0.39, 0.29) is 17.8 Å². The molecule has 4 N–H and O–H groups in total. The van der Waals surface area contributed by atoms with Gasteiger partial charge in [0.05, 0.1) is 0 Å². The molecular formula is C19H20FN3O. The Morgan fingerprint density at radius 3 is 2.71 bits per heavy atom. The summed E-state index contributed by atoms with van der Waals surface area (Å²) in [6, 6.07) is 11.9. The molecule has 0 aliphatic rings. The van der Waals surface area contributed by atoms with Gasteiger partial charge >= 0.3 is 0 Å². The number of fused-ring (bicyclic) bond motifs is 1. The van der Waals surface area contributed by atoms with Crippen LogP contribution in [0.15, 0.2) is 48.7 Å². The number of halogens is 1. The van der Waals surface area contributed by atoms with Gasteiger partial charge in [0, 0.05) is 35.2 Å². The molecule has 0 radical (unpaired) electrons. The van der Waals surface area contributed by atoms with E-state index in [1.54, 1.807) is 18.2 Å². The largest absolute Gasteiger partial charge is 0.361 e. The fraction of sp³-hybridized carbons (Fsp3) is 0.211. The number of H-pyrrole nitrogens is 1. The molecule has 0 saturated carbocycles. The SMILES string of the molecule is C[C@H](N)c1ccc(C(=O)NCCc2c[nH]c3cc(F)ccc23)cc1. The van der Waals surface area contributed by atoms with Gasteiger partial charge < -0.3 is 16.0 Å². The highest BCUT2D eigenvalue weighted by Gasteiger charge is 2.08. The number of carbonyl (C=O) groups is 1. The molecule has 1 aromatic heterocycles. The van der Waals surface area contributed by atoms with E-state index in [4.69, 9.17) is 5.73 Å². The summed E-state index contributed by atoms with van der Waals surface area (Å²) in [5.41, 5.74) is 9.23. The Labute approximate surface area is 139 Å². The molecule has 5 heteroatoms. The van der Waals surface area contributed by atoms with E-state index in [2.05, 4.69) is 10.3 Å². The molecule has 124 valence electrons. The summed E-state index contributed by atoms with van der Waals surface area (Å²) in [5.74, 6) is -0.378. The second-order valence-electron chi connectivity index (χ2n) is 5.92. The first-order valence-corrected chi connectivity index (χ1v) is 7.94. The number of nitrogens with one attached hydrogen (secondary N) is 2. The minimum atomic E-state index is -0.264. The van der Waals surface area contributed by atoms with Gasteiger partial charge in [0.2, 0.25) is 0 Å². The monoisotopic (exact) mass is 325 g/mol. The van der Waals surface area contributed by atoms with E-state index in [1.165, 1.54) is 12.1 Å². The first kappa shape index (κ1) is 16.2. The lowest BCUT2D eigenvalue weighted by Crippen LogP contribution is -2.25. The van der Waals surface area contributed by atoms with Crippen LogP contribution in [0.4, 0.5) is 4.39 Å². The molecular weight excluding hydrogens is 305 g/mol. The van der Waals surface area contributed by atoms with Gasteiger partial charge in [-0.05, 0) is 54.8 Å². The van der Waals surface area contributed by atoms with Crippen LogP contribution in [0.25, 0.3) is 10.9 Å². The van der Waals surface area contributed by atoms with Crippen molar-refractivity contribution >= 4 is 16.8 Å². The molecule has 24 heavy (non-hydrogen) atoms. The van der Waals surface area contributed by atoms with E-state index < -0.39 is 0 Å². The van der Waals surface area contributed by atoms with Crippen LogP contribution in [0.3, 0.4) is 0 Å². The van der Waals surface area contributed by atoms with Crippen molar-refractivity contribution < 1.29 is 9.18 Å². The van der Waals surface area contributed by atoms with Gasteiger partial charge in [-0.3, -0.25) is 4.79 Å². The fourth-order valence-electron chi connectivity index (χ4n) is 2.72. The lowest BCUT2D eigenvalue weighted by Gasteiger charge is -2.08. The van der Waals surface area contributed by atoms with Crippen molar-refractivity contribution in [2.24, 2.45) is 5.73 Å². The Bertz CT molecular complexity index is 853. The quantitative estimate of drug-likeness (QED) is 0.673. The molecule has 0 spiro atoms. The summed E-state index contributed by atoms with van der Waals surface area (Å²) >= 11 is 0. The van der Waals surface area contributed by atoms with E-state index in [0.717, 1.165) is 22.0 Å². The zero-order chi connectivity index (χ0) is 17.1. The molecule has 0 saturated heterocycles. The molecule has 1 atom stereocenters. The van der Waals surface area contributed by atoms with Crippen LogP contribution in [0.5, 0.6) is 0 Å². The van der Waals surface area contributed by atoms with Crippen LogP contribution in [-0.4, -0.2) is 17.4 Å². The molecule has 0 aliphatic heterocycles. The summed E-state index contributed by atoms with van der Waals surface area (Å²) in [6.45, 7) is 2.42. The maximum absolute atomic E-state index is 13.2. The van der Waals surface area contributed by atoms with E-state index >= 15 is 0 Å². The maximum atomic E-state index is 13.2. The number of hydrogen-bond acceptors (Lipinski definition) is 2. The van der Waals surface area contributed by atoms with Crippen LogP contribution in [0.1, 0.15) is 34.5 Å². The Morgan fingerprint density at radius 2 is 2.00 bits per heavy atom. The lowest BCUT2D eigenvalue weighted by molar-refractivity contribution is 0.0954.